The van der Waals surface area contributed by atoms with Crippen LogP contribution in [0.1, 0.15) is 16.1 Å². The maximum atomic E-state index is 14.8. The molecule has 3 aromatic rings. The third kappa shape index (κ3) is 2.54. The lowest BCUT2D eigenvalue weighted by molar-refractivity contribution is 0.0684. The Morgan fingerprint density at radius 1 is 1.16 bits per heavy atom. The molecule has 0 amide bonds. The number of carboxylic acid groups (broad SMARTS) is 1. The number of hydrogen-bond donors (Lipinski definition) is 1. The number of aryl methyl sites for hydroxylation is 1. The minimum absolute atomic E-state index is 0.0513. The molecule has 0 aliphatic rings. The van der Waals surface area contributed by atoms with Gasteiger partial charge in [-0.2, -0.15) is 0 Å². The van der Waals surface area contributed by atoms with Crippen molar-refractivity contribution in [2.24, 2.45) is 0 Å². The van der Waals surface area contributed by atoms with Gasteiger partial charge in [-0.1, -0.05) is 23.8 Å². The van der Waals surface area contributed by atoms with E-state index >= 15 is 0 Å². The number of aromatic nitrogens is 1. The highest BCUT2D eigenvalue weighted by Crippen LogP contribution is 2.35. The molecule has 1 heterocycles. The van der Waals surface area contributed by atoms with Crippen LogP contribution in [0.3, 0.4) is 0 Å². The topological polar surface area (TPSA) is 85.6 Å². The van der Waals surface area contributed by atoms with Crippen LogP contribution >= 0.6 is 0 Å². The molecule has 0 bridgehead atoms. The first-order valence-corrected chi connectivity index (χ1v) is 8.65. The molecule has 2 aromatic carbocycles. The fourth-order valence-corrected chi connectivity index (χ4v) is 4.15. The second-order valence-corrected chi connectivity index (χ2v) is 7.19. The van der Waals surface area contributed by atoms with E-state index in [-0.39, 0.29) is 21.5 Å². The molecule has 1 N–H and O–H groups in total. The lowest BCUT2D eigenvalue weighted by atomic mass is 10.2. The van der Waals surface area contributed by atoms with Crippen molar-refractivity contribution >= 4 is 26.9 Å². The minimum Gasteiger partial charge on any atom is -0.496 e. The Kier molecular flexibility index (Phi) is 4.00. The Hall–Kier alpha value is -2.87. The Morgan fingerprint density at radius 2 is 1.80 bits per heavy atom. The fourth-order valence-electron chi connectivity index (χ4n) is 2.65. The van der Waals surface area contributed by atoms with Gasteiger partial charge < -0.3 is 9.84 Å². The number of hydrogen-bond acceptors (Lipinski definition) is 4. The van der Waals surface area contributed by atoms with Gasteiger partial charge >= 0.3 is 5.97 Å². The first-order chi connectivity index (χ1) is 11.8. The summed E-state index contributed by atoms with van der Waals surface area (Å²) in [5.41, 5.74) is -0.225. The maximum absolute atomic E-state index is 14.8. The summed E-state index contributed by atoms with van der Waals surface area (Å²) in [4.78, 5) is 11.4. The fraction of sp³-hybridized carbons (Fsp3) is 0.118. The van der Waals surface area contributed by atoms with E-state index in [1.54, 1.807) is 19.1 Å². The van der Waals surface area contributed by atoms with Gasteiger partial charge in [0.15, 0.2) is 11.5 Å². The van der Waals surface area contributed by atoms with Crippen LogP contribution in [0.2, 0.25) is 0 Å². The van der Waals surface area contributed by atoms with Gasteiger partial charge in [-0.25, -0.2) is 21.6 Å². The van der Waals surface area contributed by atoms with E-state index in [0.717, 1.165) is 5.56 Å². The molecule has 0 saturated heterocycles. The zero-order valence-electron chi connectivity index (χ0n) is 13.4. The number of carbonyl (C=O) groups is 1. The van der Waals surface area contributed by atoms with Gasteiger partial charge in [0.1, 0.15) is 5.75 Å². The van der Waals surface area contributed by atoms with Crippen molar-refractivity contribution in [1.82, 2.24) is 3.97 Å². The normalized spacial score (nSPS) is 11.6. The molecular weight excluding hydrogens is 349 g/mol. The standard InChI is InChI=1S/C17H14FNO5S/c1-10-6-8-11(9-7-10)25(22,23)19-12-4-3-5-13(24-2)14(12)15(18)16(19)17(20)21/h3-9H,1-2H3,(H,20,21). The molecule has 0 fully saturated rings. The van der Waals surface area contributed by atoms with Gasteiger partial charge in [0.05, 0.1) is 22.9 Å². The van der Waals surface area contributed by atoms with Crippen molar-refractivity contribution in [1.29, 1.82) is 0 Å². The summed E-state index contributed by atoms with van der Waals surface area (Å²) in [5.74, 6) is -2.79. The van der Waals surface area contributed by atoms with Gasteiger partial charge in [0.2, 0.25) is 0 Å². The predicted octanol–water partition coefficient (Wildman–Crippen LogP) is 3.03. The highest BCUT2D eigenvalue weighted by atomic mass is 32.2. The lowest BCUT2D eigenvalue weighted by Crippen LogP contribution is -2.19. The van der Waals surface area contributed by atoms with Crippen molar-refractivity contribution in [2.45, 2.75) is 11.8 Å². The minimum atomic E-state index is -4.32. The summed E-state index contributed by atoms with van der Waals surface area (Å²) in [7, 11) is -3.03. The van der Waals surface area contributed by atoms with E-state index in [2.05, 4.69) is 0 Å². The molecule has 130 valence electrons. The van der Waals surface area contributed by atoms with Crippen LogP contribution in [0.4, 0.5) is 4.39 Å². The van der Waals surface area contributed by atoms with Crippen molar-refractivity contribution < 1.29 is 27.4 Å². The highest BCUT2D eigenvalue weighted by Gasteiger charge is 2.32. The van der Waals surface area contributed by atoms with Crippen molar-refractivity contribution in [3.05, 3.63) is 59.5 Å². The SMILES string of the molecule is COc1cccc2c1c(F)c(C(=O)O)n2S(=O)(=O)c1ccc(C)cc1. The van der Waals surface area contributed by atoms with E-state index in [1.807, 2.05) is 0 Å². The van der Waals surface area contributed by atoms with Gasteiger partial charge in [-0.05, 0) is 31.2 Å². The largest absolute Gasteiger partial charge is 0.496 e. The number of halogens is 1. The van der Waals surface area contributed by atoms with E-state index in [9.17, 15) is 22.7 Å². The van der Waals surface area contributed by atoms with E-state index in [4.69, 9.17) is 4.74 Å². The molecular formula is C17H14FNO5S. The maximum Gasteiger partial charge on any atom is 0.356 e. The van der Waals surface area contributed by atoms with E-state index < -0.39 is 27.5 Å². The average molecular weight is 363 g/mol. The Labute approximate surface area is 143 Å². The lowest BCUT2D eigenvalue weighted by Gasteiger charge is -2.10. The summed E-state index contributed by atoms with van der Waals surface area (Å²) in [6.45, 7) is 1.79. The quantitative estimate of drug-likeness (QED) is 0.770. The van der Waals surface area contributed by atoms with Crippen LogP contribution in [0.5, 0.6) is 5.75 Å². The second kappa shape index (κ2) is 5.89. The molecule has 1 aromatic heterocycles. The molecule has 0 aliphatic carbocycles. The van der Waals surface area contributed by atoms with Crippen LogP contribution in [-0.4, -0.2) is 30.6 Å². The Morgan fingerprint density at radius 3 is 2.36 bits per heavy atom. The summed E-state index contributed by atoms with van der Waals surface area (Å²) in [5, 5.41) is 9.20. The summed E-state index contributed by atoms with van der Waals surface area (Å²) < 4.78 is 46.3. The molecule has 6 nitrogen and oxygen atoms in total. The Balaban J connectivity index is 2.45. The van der Waals surface area contributed by atoms with Crippen molar-refractivity contribution in [3.8, 4) is 5.75 Å². The summed E-state index contributed by atoms with van der Waals surface area (Å²) in [6, 6.07) is 10.1. The third-order valence-electron chi connectivity index (χ3n) is 3.84. The van der Waals surface area contributed by atoms with E-state index in [0.29, 0.717) is 3.97 Å². The number of nitrogens with zero attached hydrogens (tertiary/aromatic N) is 1. The molecule has 3 rings (SSSR count). The number of carboxylic acids is 1. The molecule has 8 heteroatoms. The first-order valence-electron chi connectivity index (χ1n) is 7.21. The van der Waals surface area contributed by atoms with Crippen molar-refractivity contribution in [3.63, 3.8) is 0 Å². The number of aromatic carboxylic acids is 1. The van der Waals surface area contributed by atoms with Gasteiger partial charge in [-0.15, -0.1) is 0 Å². The van der Waals surface area contributed by atoms with Crippen LogP contribution in [0.25, 0.3) is 10.9 Å². The number of methoxy groups -OCH3 is 1. The van der Waals surface area contributed by atoms with Crippen LogP contribution in [0.15, 0.2) is 47.4 Å². The smallest absolute Gasteiger partial charge is 0.356 e. The number of benzene rings is 2. The predicted molar refractivity (Wildman–Crippen MR) is 89.2 cm³/mol. The van der Waals surface area contributed by atoms with Crippen LogP contribution in [0, 0.1) is 12.7 Å². The summed E-state index contributed by atoms with van der Waals surface area (Å²) >= 11 is 0. The molecule has 25 heavy (non-hydrogen) atoms. The first kappa shape index (κ1) is 17.0. The Bertz CT molecular complexity index is 1080. The van der Waals surface area contributed by atoms with Gasteiger partial charge in [0.25, 0.3) is 10.0 Å². The molecule has 0 aliphatic heterocycles. The molecule has 0 radical (unpaired) electrons. The van der Waals surface area contributed by atoms with Crippen LogP contribution in [-0.2, 0) is 10.0 Å². The van der Waals surface area contributed by atoms with Crippen molar-refractivity contribution in [2.75, 3.05) is 7.11 Å². The summed E-state index contributed by atoms with van der Waals surface area (Å²) in [6.07, 6.45) is 0. The highest BCUT2D eigenvalue weighted by molar-refractivity contribution is 7.90. The van der Waals surface area contributed by atoms with Gasteiger partial charge in [0, 0.05) is 0 Å². The average Bonchev–Trinajstić information content (AvgIpc) is 2.89. The number of rotatable bonds is 4. The number of fused-ring (bicyclic) bond motifs is 1. The molecule has 0 spiro atoms. The van der Waals surface area contributed by atoms with E-state index in [1.165, 1.54) is 37.4 Å². The molecule has 0 saturated carbocycles. The van der Waals surface area contributed by atoms with Gasteiger partial charge in [-0.3, -0.25) is 0 Å². The zero-order valence-corrected chi connectivity index (χ0v) is 14.2. The van der Waals surface area contributed by atoms with Crippen LogP contribution < -0.4 is 4.74 Å². The third-order valence-corrected chi connectivity index (χ3v) is 5.56. The zero-order chi connectivity index (χ0) is 18.4. The molecule has 0 atom stereocenters. The number of ether oxygens (including phenoxy) is 1. The monoisotopic (exact) mass is 363 g/mol. The second-order valence-electron chi connectivity index (χ2n) is 5.40. The molecule has 0 unspecified atom stereocenters.